The number of hydrogen-bond acceptors (Lipinski definition) is 7. The molecule has 0 spiro atoms. The molecule has 1 saturated heterocycles. The van der Waals surface area contributed by atoms with E-state index in [4.69, 9.17) is 0 Å². The fraction of sp³-hybridized carbons (Fsp3) is 0.333. The van der Waals surface area contributed by atoms with Crippen molar-refractivity contribution < 1.29 is 0 Å². The standard InChI is InChI=1S/C15H17N7S/c1-12-11-23-15(18-12)21-7-5-20(6-8-21)13-9-16-10-14(19-13)22-4-2-3-17-22/h2-4,9-11H,5-8H2,1H3. The van der Waals surface area contributed by atoms with Crippen LogP contribution in [-0.2, 0) is 0 Å². The lowest BCUT2D eigenvalue weighted by Crippen LogP contribution is -2.46. The highest BCUT2D eigenvalue weighted by Gasteiger charge is 2.20. The van der Waals surface area contributed by atoms with Crippen molar-refractivity contribution in [1.29, 1.82) is 0 Å². The summed E-state index contributed by atoms with van der Waals surface area (Å²) in [6.45, 7) is 5.75. The second-order valence-electron chi connectivity index (χ2n) is 5.43. The van der Waals surface area contributed by atoms with Gasteiger partial charge in [-0.1, -0.05) is 0 Å². The van der Waals surface area contributed by atoms with Crippen molar-refractivity contribution in [1.82, 2.24) is 24.7 Å². The minimum atomic E-state index is 0.741. The van der Waals surface area contributed by atoms with Gasteiger partial charge in [0.1, 0.15) is 5.82 Å². The normalized spacial score (nSPS) is 15.2. The summed E-state index contributed by atoms with van der Waals surface area (Å²) in [6.07, 6.45) is 7.15. The first-order valence-electron chi connectivity index (χ1n) is 7.54. The Bertz CT molecular complexity index is 775. The van der Waals surface area contributed by atoms with Crippen molar-refractivity contribution in [2.45, 2.75) is 6.92 Å². The van der Waals surface area contributed by atoms with E-state index in [0.29, 0.717) is 0 Å². The van der Waals surface area contributed by atoms with E-state index in [-0.39, 0.29) is 0 Å². The van der Waals surface area contributed by atoms with Crippen LogP contribution in [0, 0.1) is 6.92 Å². The SMILES string of the molecule is Cc1csc(N2CCN(c3cncc(-n4cccn4)n3)CC2)n1. The first kappa shape index (κ1) is 14.1. The molecule has 0 radical (unpaired) electrons. The van der Waals surface area contributed by atoms with E-state index >= 15 is 0 Å². The Morgan fingerprint density at radius 3 is 2.48 bits per heavy atom. The van der Waals surface area contributed by atoms with Gasteiger partial charge in [-0.05, 0) is 13.0 Å². The van der Waals surface area contributed by atoms with Crippen LogP contribution in [0.3, 0.4) is 0 Å². The highest BCUT2D eigenvalue weighted by atomic mass is 32.1. The van der Waals surface area contributed by atoms with Gasteiger partial charge >= 0.3 is 0 Å². The van der Waals surface area contributed by atoms with E-state index in [1.54, 1.807) is 28.4 Å². The lowest BCUT2D eigenvalue weighted by molar-refractivity contribution is 0.643. The smallest absolute Gasteiger partial charge is 0.185 e. The molecule has 0 unspecified atom stereocenters. The molecule has 1 fully saturated rings. The highest BCUT2D eigenvalue weighted by Crippen LogP contribution is 2.22. The Morgan fingerprint density at radius 2 is 1.78 bits per heavy atom. The van der Waals surface area contributed by atoms with Crippen LogP contribution in [0.5, 0.6) is 0 Å². The summed E-state index contributed by atoms with van der Waals surface area (Å²) < 4.78 is 1.73. The Kier molecular flexibility index (Phi) is 3.66. The number of anilines is 2. The quantitative estimate of drug-likeness (QED) is 0.730. The van der Waals surface area contributed by atoms with Gasteiger partial charge in [-0.15, -0.1) is 11.3 Å². The number of rotatable bonds is 3. The fourth-order valence-electron chi connectivity index (χ4n) is 2.63. The molecule has 1 aliphatic heterocycles. The first-order valence-corrected chi connectivity index (χ1v) is 8.42. The first-order chi connectivity index (χ1) is 11.3. The van der Waals surface area contributed by atoms with Crippen molar-refractivity contribution in [3.8, 4) is 5.82 Å². The minimum absolute atomic E-state index is 0.741. The molecule has 4 rings (SSSR count). The molecule has 118 valence electrons. The third-order valence-electron chi connectivity index (χ3n) is 3.83. The van der Waals surface area contributed by atoms with Crippen LogP contribution in [-0.4, -0.2) is 50.9 Å². The molecule has 3 aromatic heterocycles. The van der Waals surface area contributed by atoms with Gasteiger partial charge in [0.15, 0.2) is 10.9 Å². The zero-order valence-electron chi connectivity index (χ0n) is 12.8. The van der Waals surface area contributed by atoms with Gasteiger partial charge in [0.25, 0.3) is 0 Å². The van der Waals surface area contributed by atoms with E-state index in [0.717, 1.165) is 48.6 Å². The number of aromatic nitrogens is 5. The molecule has 0 aliphatic carbocycles. The van der Waals surface area contributed by atoms with Crippen LogP contribution < -0.4 is 9.80 Å². The maximum absolute atomic E-state index is 4.67. The molecule has 3 aromatic rings. The monoisotopic (exact) mass is 327 g/mol. The maximum atomic E-state index is 4.67. The van der Waals surface area contributed by atoms with Gasteiger partial charge in [0.05, 0.1) is 18.1 Å². The Labute approximate surface area is 138 Å². The third kappa shape index (κ3) is 2.89. The lowest BCUT2D eigenvalue weighted by Gasteiger charge is -2.35. The van der Waals surface area contributed by atoms with Gasteiger partial charge in [0.2, 0.25) is 0 Å². The number of aryl methyl sites for hydroxylation is 1. The van der Waals surface area contributed by atoms with Crippen LogP contribution in [0.25, 0.3) is 5.82 Å². The van der Waals surface area contributed by atoms with E-state index in [1.165, 1.54) is 0 Å². The van der Waals surface area contributed by atoms with Crippen LogP contribution >= 0.6 is 11.3 Å². The summed E-state index contributed by atoms with van der Waals surface area (Å²) in [4.78, 5) is 18.1. The van der Waals surface area contributed by atoms with Gasteiger partial charge in [-0.3, -0.25) is 4.98 Å². The molecule has 7 nitrogen and oxygen atoms in total. The maximum Gasteiger partial charge on any atom is 0.185 e. The molecule has 0 saturated carbocycles. The summed E-state index contributed by atoms with van der Waals surface area (Å²) in [7, 11) is 0. The molecule has 0 bridgehead atoms. The Hall–Kier alpha value is -2.48. The van der Waals surface area contributed by atoms with Crippen molar-refractivity contribution in [3.63, 3.8) is 0 Å². The van der Waals surface area contributed by atoms with E-state index < -0.39 is 0 Å². The van der Waals surface area contributed by atoms with Gasteiger partial charge in [-0.2, -0.15) is 5.10 Å². The fourth-order valence-corrected chi connectivity index (χ4v) is 3.48. The van der Waals surface area contributed by atoms with Crippen LogP contribution in [0.15, 0.2) is 36.2 Å². The molecular formula is C15H17N7S. The number of thiazole rings is 1. The zero-order chi connectivity index (χ0) is 15.6. The molecule has 1 aliphatic rings. The second-order valence-corrected chi connectivity index (χ2v) is 6.27. The van der Waals surface area contributed by atoms with Crippen molar-refractivity contribution in [2.75, 3.05) is 36.0 Å². The molecule has 4 heterocycles. The molecule has 0 N–H and O–H groups in total. The average Bonchev–Trinajstić information content (AvgIpc) is 3.27. The zero-order valence-corrected chi connectivity index (χ0v) is 13.6. The van der Waals surface area contributed by atoms with Crippen LogP contribution in [0.1, 0.15) is 5.69 Å². The molecule has 0 amide bonds. The highest BCUT2D eigenvalue weighted by molar-refractivity contribution is 7.13. The van der Waals surface area contributed by atoms with Crippen LogP contribution in [0.2, 0.25) is 0 Å². The molecular weight excluding hydrogens is 310 g/mol. The second kappa shape index (κ2) is 5.96. The molecule has 0 aromatic carbocycles. The predicted molar refractivity (Wildman–Crippen MR) is 90.4 cm³/mol. The molecule has 0 atom stereocenters. The summed E-state index contributed by atoms with van der Waals surface area (Å²) in [5.41, 5.74) is 1.09. The lowest BCUT2D eigenvalue weighted by atomic mass is 10.3. The predicted octanol–water partition coefficient (Wildman–Crippen LogP) is 1.75. The minimum Gasteiger partial charge on any atom is -0.352 e. The van der Waals surface area contributed by atoms with Crippen molar-refractivity contribution in [3.05, 3.63) is 41.9 Å². The molecule has 8 heteroatoms. The van der Waals surface area contributed by atoms with Gasteiger partial charge in [-0.25, -0.2) is 14.6 Å². The topological polar surface area (TPSA) is 63.0 Å². The average molecular weight is 327 g/mol. The number of piperazine rings is 1. The summed E-state index contributed by atoms with van der Waals surface area (Å²) >= 11 is 1.71. The van der Waals surface area contributed by atoms with E-state index in [2.05, 4.69) is 35.2 Å². The van der Waals surface area contributed by atoms with Gasteiger partial charge in [0, 0.05) is 44.0 Å². The molecule has 23 heavy (non-hydrogen) atoms. The Morgan fingerprint density at radius 1 is 1.00 bits per heavy atom. The summed E-state index contributed by atoms with van der Waals surface area (Å²) in [5, 5.41) is 7.42. The Balaban J connectivity index is 1.47. The number of hydrogen-bond donors (Lipinski definition) is 0. The third-order valence-corrected chi connectivity index (χ3v) is 4.85. The summed E-state index contributed by atoms with van der Waals surface area (Å²) in [6, 6.07) is 1.88. The van der Waals surface area contributed by atoms with Gasteiger partial charge < -0.3 is 9.80 Å². The van der Waals surface area contributed by atoms with E-state index in [1.807, 2.05) is 25.4 Å². The van der Waals surface area contributed by atoms with E-state index in [9.17, 15) is 0 Å². The number of nitrogens with zero attached hydrogens (tertiary/aromatic N) is 7. The summed E-state index contributed by atoms with van der Waals surface area (Å²) in [5.74, 6) is 1.64. The van der Waals surface area contributed by atoms with Crippen molar-refractivity contribution in [2.24, 2.45) is 0 Å². The van der Waals surface area contributed by atoms with Crippen molar-refractivity contribution >= 4 is 22.3 Å². The largest absolute Gasteiger partial charge is 0.352 e. The van der Waals surface area contributed by atoms with Crippen LogP contribution in [0.4, 0.5) is 10.9 Å².